The molecule has 1 atom stereocenters. The van der Waals surface area contributed by atoms with E-state index in [0.717, 1.165) is 6.42 Å². The van der Waals surface area contributed by atoms with E-state index in [0.29, 0.717) is 18.4 Å². The van der Waals surface area contributed by atoms with Crippen molar-refractivity contribution in [2.75, 3.05) is 0 Å². The minimum atomic E-state index is 0.238. The zero-order chi connectivity index (χ0) is 10.3. The van der Waals surface area contributed by atoms with Crippen molar-refractivity contribution < 1.29 is 4.79 Å². The van der Waals surface area contributed by atoms with Crippen molar-refractivity contribution in [3.05, 3.63) is 23.9 Å². The molecular weight excluding hydrogens is 188 g/mol. The summed E-state index contributed by atoms with van der Waals surface area (Å²) in [6.07, 6.45) is 11.7. The van der Waals surface area contributed by atoms with E-state index in [1.165, 1.54) is 25.0 Å². The summed E-state index contributed by atoms with van der Waals surface area (Å²) < 4.78 is 0. The van der Waals surface area contributed by atoms with E-state index < -0.39 is 0 Å². The number of fused-ring (bicyclic) bond motifs is 1. The Labute approximate surface area is 89.8 Å². The summed E-state index contributed by atoms with van der Waals surface area (Å²) in [6.45, 7) is 0. The van der Waals surface area contributed by atoms with Gasteiger partial charge in [-0.1, -0.05) is 18.6 Å². The first-order valence-electron chi connectivity index (χ1n) is 5.80. The number of nitrogens with zero attached hydrogens (tertiary/aromatic N) is 1. The van der Waals surface area contributed by atoms with Crippen molar-refractivity contribution in [1.82, 2.24) is 10.4 Å². The van der Waals surface area contributed by atoms with Crippen molar-refractivity contribution in [2.24, 2.45) is 5.92 Å². The van der Waals surface area contributed by atoms with Crippen LogP contribution in [0.15, 0.2) is 23.9 Å². The van der Waals surface area contributed by atoms with Gasteiger partial charge in [-0.3, -0.25) is 4.79 Å². The van der Waals surface area contributed by atoms with E-state index in [1.807, 2.05) is 0 Å². The van der Waals surface area contributed by atoms with Gasteiger partial charge in [0.05, 0.1) is 0 Å². The maximum Gasteiger partial charge on any atom is 0.241 e. The Morgan fingerprint density at radius 2 is 2.27 bits per heavy atom. The van der Waals surface area contributed by atoms with Crippen LogP contribution in [0, 0.1) is 5.92 Å². The van der Waals surface area contributed by atoms with E-state index in [4.69, 9.17) is 0 Å². The van der Waals surface area contributed by atoms with Gasteiger partial charge in [0.2, 0.25) is 5.91 Å². The molecule has 2 aliphatic carbocycles. The van der Waals surface area contributed by atoms with Gasteiger partial charge in [-0.15, -0.1) is 0 Å². The molecule has 0 aromatic carbocycles. The summed E-state index contributed by atoms with van der Waals surface area (Å²) >= 11 is 0. The Kier molecular flexibility index (Phi) is 2.13. The molecule has 3 rings (SSSR count). The Hall–Kier alpha value is -1.09. The number of amides is 1. The van der Waals surface area contributed by atoms with Crippen molar-refractivity contribution in [1.29, 1.82) is 0 Å². The van der Waals surface area contributed by atoms with E-state index in [2.05, 4.69) is 23.7 Å². The fraction of sp³-hybridized carbons (Fsp3) is 0.583. The van der Waals surface area contributed by atoms with Crippen LogP contribution in [0.5, 0.6) is 0 Å². The van der Waals surface area contributed by atoms with Crippen molar-refractivity contribution in [3.63, 3.8) is 0 Å². The molecule has 1 amide bonds. The molecular formula is C12H16N2O. The monoisotopic (exact) mass is 204 g/mol. The third-order valence-corrected chi connectivity index (χ3v) is 3.59. The van der Waals surface area contributed by atoms with Gasteiger partial charge in [-0.2, -0.15) is 0 Å². The lowest BCUT2D eigenvalue weighted by Crippen LogP contribution is -2.47. The summed E-state index contributed by atoms with van der Waals surface area (Å²) in [5, 5.41) is 1.80. The first kappa shape index (κ1) is 9.16. The minimum absolute atomic E-state index is 0.238. The number of rotatable bonds is 2. The minimum Gasteiger partial charge on any atom is -0.273 e. The van der Waals surface area contributed by atoms with Crippen LogP contribution in [0.4, 0.5) is 0 Å². The normalized spacial score (nSPS) is 30.1. The van der Waals surface area contributed by atoms with E-state index in [9.17, 15) is 4.79 Å². The molecule has 0 aromatic heterocycles. The number of hydrogen-bond acceptors (Lipinski definition) is 2. The molecule has 0 aromatic rings. The quantitative estimate of drug-likeness (QED) is 0.743. The predicted molar refractivity (Wildman–Crippen MR) is 57.6 cm³/mol. The van der Waals surface area contributed by atoms with Gasteiger partial charge in [-0.25, -0.2) is 10.4 Å². The molecule has 1 saturated heterocycles. The van der Waals surface area contributed by atoms with Gasteiger partial charge in [0, 0.05) is 24.1 Å². The van der Waals surface area contributed by atoms with Crippen LogP contribution in [-0.2, 0) is 4.79 Å². The lowest BCUT2D eigenvalue weighted by atomic mass is 9.94. The second kappa shape index (κ2) is 3.49. The fourth-order valence-corrected chi connectivity index (χ4v) is 2.42. The van der Waals surface area contributed by atoms with E-state index in [1.54, 1.807) is 5.01 Å². The molecule has 0 bridgehead atoms. The van der Waals surface area contributed by atoms with Crippen LogP contribution >= 0.6 is 0 Å². The van der Waals surface area contributed by atoms with E-state index in [-0.39, 0.29) is 5.91 Å². The Balaban J connectivity index is 1.76. The number of allylic oxidation sites excluding steroid dienone is 4. The van der Waals surface area contributed by atoms with Gasteiger partial charge in [-0.05, 0) is 25.3 Å². The lowest BCUT2D eigenvalue weighted by molar-refractivity contribution is -0.130. The summed E-state index contributed by atoms with van der Waals surface area (Å²) in [4.78, 5) is 11.8. The Morgan fingerprint density at radius 1 is 1.40 bits per heavy atom. The highest BCUT2D eigenvalue weighted by molar-refractivity contribution is 5.81. The van der Waals surface area contributed by atoms with Gasteiger partial charge >= 0.3 is 0 Å². The average Bonchev–Trinajstić information content (AvgIpc) is 2.48. The summed E-state index contributed by atoms with van der Waals surface area (Å²) in [5.41, 5.74) is 4.52. The first-order valence-corrected chi connectivity index (χ1v) is 5.80. The molecule has 1 heterocycles. The van der Waals surface area contributed by atoms with Crippen LogP contribution in [0.3, 0.4) is 0 Å². The molecule has 1 saturated carbocycles. The molecule has 3 heteroatoms. The number of hydrazine groups is 1. The Bertz CT molecular complexity index is 342. The highest BCUT2D eigenvalue weighted by Gasteiger charge is 2.36. The van der Waals surface area contributed by atoms with Crippen LogP contribution < -0.4 is 5.43 Å². The van der Waals surface area contributed by atoms with Crippen LogP contribution in [0.25, 0.3) is 0 Å². The van der Waals surface area contributed by atoms with Crippen molar-refractivity contribution >= 4 is 5.91 Å². The van der Waals surface area contributed by atoms with Gasteiger partial charge < -0.3 is 0 Å². The van der Waals surface area contributed by atoms with Gasteiger partial charge in [0.1, 0.15) is 0 Å². The van der Waals surface area contributed by atoms with Crippen molar-refractivity contribution in [2.45, 2.75) is 38.1 Å². The highest BCUT2D eigenvalue weighted by atomic mass is 16.2. The third kappa shape index (κ3) is 1.51. The fourth-order valence-electron chi connectivity index (χ4n) is 2.42. The zero-order valence-corrected chi connectivity index (χ0v) is 8.78. The molecule has 80 valence electrons. The number of hydrogen-bond donors (Lipinski definition) is 1. The maximum atomic E-state index is 11.8. The SMILES string of the molecule is O=C1CC2CC=CC=C2N1NC1CCC1. The molecule has 3 nitrogen and oxygen atoms in total. The third-order valence-electron chi connectivity index (χ3n) is 3.59. The number of carbonyl (C=O) groups is 1. The van der Waals surface area contributed by atoms with Gasteiger partial charge in [0.25, 0.3) is 0 Å². The van der Waals surface area contributed by atoms with Crippen molar-refractivity contribution in [3.8, 4) is 0 Å². The molecule has 15 heavy (non-hydrogen) atoms. The number of nitrogens with one attached hydrogen (secondary N) is 1. The standard InChI is InChI=1S/C12H16N2O/c15-12-8-9-4-1-2-7-11(9)14(12)13-10-5-3-6-10/h1-2,7,9-10,13H,3-6,8H2. The molecule has 1 unspecified atom stereocenters. The molecule has 3 aliphatic rings. The molecule has 0 spiro atoms. The Morgan fingerprint density at radius 3 is 3.00 bits per heavy atom. The van der Waals surface area contributed by atoms with Crippen LogP contribution in [0.1, 0.15) is 32.1 Å². The van der Waals surface area contributed by atoms with E-state index >= 15 is 0 Å². The highest BCUT2D eigenvalue weighted by Crippen LogP contribution is 2.34. The van der Waals surface area contributed by atoms with Gasteiger partial charge in [0.15, 0.2) is 0 Å². The molecule has 1 N–H and O–H groups in total. The molecule has 2 fully saturated rings. The second-order valence-electron chi connectivity index (χ2n) is 4.64. The maximum absolute atomic E-state index is 11.8. The summed E-state index contributed by atoms with van der Waals surface area (Å²) in [6, 6.07) is 0.527. The average molecular weight is 204 g/mol. The zero-order valence-electron chi connectivity index (χ0n) is 8.78. The topological polar surface area (TPSA) is 32.3 Å². The van der Waals surface area contributed by atoms with Crippen LogP contribution in [-0.4, -0.2) is 17.0 Å². The predicted octanol–water partition coefficient (Wildman–Crippen LogP) is 1.74. The molecule has 0 radical (unpaired) electrons. The first-order chi connectivity index (χ1) is 7.34. The summed E-state index contributed by atoms with van der Waals surface area (Å²) in [5.74, 6) is 0.664. The molecule has 1 aliphatic heterocycles. The smallest absolute Gasteiger partial charge is 0.241 e. The van der Waals surface area contributed by atoms with Crippen LogP contribution in [0.2, 0.25) is 0 Å². The lowest BCUT2D eigenvalue weighted by Gasteiger charge is -2.32. The largest absolute Gasteiger partial charge is 0.273 e. The number of carbonyl (C=O) groups excluding carboxylic acids is 1. The second-order valence-corrected chi connectivity index (χ2v) is 4.64. The summed E-state index contributed by atoms with van der Waals surface area (Å²) in [7, 11) is 0.